The lowest BCUT2D eigenvalue weighted by Gasteiger charge is -2.23. The van der Waals surface area contributed by atoms with E-state index in [-0.39, 0.29) is 0 Å². The number of para-hydroxylation sites is 1. The molecule has 0 radical (unpaired) electrons. The zero-order valence-corrected chi connectivity index (χ0v) is 10.9. The third kappa shape index (κ3) is 1.95. The van der Waals surface area contributed by atoms with Crippen molar-refractivity contribution >= 4 is 11.5 Å². The summed E-state index contributed by atoms with van der Waals surface area (Å²) < 4.78 is 1.77. The molecule has 2 rings (SSSR count). The van der Waals surface area contributed by atoms with Gasteiger partial charge in [-0.2, -0.15) is 10.4 Å². The van der Waals surface area contributed by atoms with Gasteiger partial charge >= 0.3 is 0 Å². The Morgan fingerprint density at radius 3 is 2.56 bits per heavy atom. The summed E-state index contributed by atoms with van der Waals surface area (Å²) in [5, 5.41) is 13.6. The number of hydrogen-bond acceptors (Lipinski definition) is 3. The number of hydrogen-bond donors (Lipinski definition) is 0. The molecule has 0 aliphatic rings. The van der Waals surface area contributed by atoms with E-state index in [0.717, 1.165) is 23.7 Å². The summed E-state index contributed by atoms with van der Waals surface area (Å²) in [6.07, 6.45) is 0. The van der Waals surface area contributed by atoms with Crippen LogP contribution in [0, 0.1) is 18.3 Å². The number of aryl methyl sites for hydroxylation is 2. The van der Waals surface area contributed by atoms with Crippen molar-refractivity contribution in [3.8, 4) is 6.07 Å². The highest BCUT2D eigenvalue weighted by Gasteiger charge is 2.19. The van der Waals surface area contributed by atoms with E-state index in [0.29, 0.717) is 5.56 Å². The average molecular weight is 240 g/mol. The molecule has 0 N–H and O–H groups in total. The molecule has 0 unspecified atom stereocenters. The van der Waals surface area contributed by atoms with Crippen LogP contribution < -0.4 is 4.90 Å². The summed E-state index contributed by atoms with van der Waals surface area (Å²) >= 11 is 0. The summed E-state index contributed by atoms with van der Waals surface area (Å²) in [4.78, 5) is 2.10. The Labute approximate surface area is 107 Å². The van der Waals surface area contributed by atoms with Crippen molar-refractivity contribution in [2.24, 2.45) is 7.05 Å². The molecule has 2 aromatic rings. The van der Waals surface area contributed by atoms with E-state index in [1.165, 1.54) is 0 Å². The summed E-state index contributed by atoms with van der Waals surface area (Å²) in [5.41, 5.74) is 2.48. The summed E-state index contributed by atoms with van der Waals surface area (Å²) in [5.74, 6) is 0.851. The topological polar surface area (TPSA) is 44.9 Å². The van der Waals surface area contributed by atoms with E-state index < -0.39 is 0 Å². The maximum absolute atomic E-state index is 9.27. The van der Waals surface area contributed by atoms with Gasteiger partial charge in [-0.05, 0) is 26.0 Å². The number of benzene rings is 1. The molecule has 4 heteroatoms. The van der Waals surface area contributed by atoms with E-state index in [1.54, 1.807) is 4.68 Å². The van der Waals surface area contributed by atoms with E-state index >= 15 is 0 Å². The third-order valence-corrected chi connectivity index (χ3v) is 2.94. The first-order valence-corrected chi connectivity index (χ1v) is 5.95. The fraction of sp³-hybridized carbons (Fsp3) is 0.286. The zero-order chi connectivity index (χ0) is 13.1. The monoisotopic (exact) mass is 240 g/mol. The Bertz CT molecular complexity index is 578. The van der Waals surface area contributed by atoms with Gasteiger partial charge < -0.3 is 4.90 Å². The molecule has 1 aromatic heterocycles. The molecule has 1 heterocycles. The fourth-order valence-corrected chi connectivity index (χ4v) is 2.15. The van der Waals surface area contributed by atoms with E-state index in [1.807, 2.05) is 44.3 Å². The highest BCUT2D eigenvalue weighted by Crippen LogP contribution is 2.28. The van der Waals surface area contributed by atoms with Crippen LogP contribution in [0.3, 0.4) is 0 Å². The second kappa shape index (κ2) is 4.92. The van der Waals surface area contributed by atoms with E-state index in [2.05, 4.69) is 23.0 Å². The molecule has 0 amide bonds. The fourth-order valence-electron chi connectivity index (χ4n) is 2.15. The average Bonchev–Trinajstić information content (AvgIpc) is 2.66. The molecule has 0 spiro atoms. The normalized spacial score (nSPS) is 10.1. The number of nitrogens with zero attached hydrogens (tertiary/aromatic N) is 4. The van der Waals surface area contributed by atoms with Crippen LogP contribution in [0.15, 0.2) is 30.3 Å². The lowest BCUT2D eigenvalue weighted by molar-refractivity contribution is 0.742. The predicted octanol–water partition coefficient (Wildman–Crippen LogP) is 2.76. The Morgan fingerprint density at radius 2 is 2.00 bits per heavy atom. The quantitative estimate of drug-likeness (QED) is 0.828. The number of nitriles is 1. The van der Waals surface area contributed by atoms with Crippen molar-refractivity contribution in [1.82, 2.24) is 9.78 Å². The number of aromatic nitrogens is 2. The number of rotatable bonds is 3. The molecule has 0 fully saturated rings. The molecule has 1 aromatic carbocycles. The smallest absolute Gasteiger partial charge is 0.149 e. The van der Waals surface area contributed by atoms with Gasteiger partial charge in [0.2, 0.25) is 0 Å². The van der Waals surface area contributed by atoms with Gasteiger partial charge in [0.15, 0.2) is 0 Å². The molecule has 0 bridgehead atoms. The third-order valence-electron chi connectivity index (χ3n) is 2.94. The Hall–Kier alpha value is -2.28. The van der Waals surface area contributed by atoms with E-state index in [9.17, 15) is 5.26 Å². The largest absolute Gasteiger partial charge is 0.326 e. The molecule has 92 valence electrons. The lowest BCUT2D eigenvalue weighted by Crippen LogP contribution is -2.20. The van der Waals surface area contributed by atoms with Crippen molar-refractivity contribution < 1.29 is 0 Å². The van der Waals surface area contributed by atoms with Gasteiger partial charge in [0.05, 0.1) is 5.69 Å². The molecular weight excluding hydrogens is 224 g/mol. The highest BCUT2D eigenvalue weighted by atomic mass is 15.4. The Morgan fingerprint density at radius 1 is 1.33 bits per heavy atom. The van der Waals surface area contributed by atoms with Crippen molar-refractivity contribution in [2.45, 2.75) is 13.8 Å². The van der Waals surface area contributed by atoms with Gasteiger partial charge in [-0.1, -0.05) is 18.2 Å². The van der Waals surface area contributed by atoms with Crippen molar-refractivity contribution in [2.75, 3.05) is 11.4 Å². The summed E-state index contributed by atoms with van der Waals surface area (Å²) in [6.45, 7) is 4.72. The molecule has 0 saturated heterocycles. The van der Waals surface area contributed by atoms with Gasteiger partial charge in [-0.15, -0.1) is 0 Å². The van der Waals surface area contributed by atoms with Gasteiger partial charge in [0.1, 0.15) is 17.5 Å². The SMILES string of the molecule is CCN(c1ccccc1)c1c(C#N)c(C)nn1C. The molecule has 0 aliphatic heterocycles. The van der Waals surface area contributed by atoms with Gasteiger partial charge in [0.25, 0.3) is 0 Å². The van der Waals surface area contributed by atoms with Crippen LogP contribution in [-0.2, 0) is 7.05 Å². The van der Waals surface area contributed by atoms with Crippen molar-refractivity contribution in [3.63, 3.8) is 0 Å². The summed E-state index contributed by atoms with van der Waals surface area (Å²) in [7, 11) is 1.87. The Balaban J connectivity index is 2.56. The molecule has 4 nitrogen and oxygen atoms in total. The predicted molar refractivity (Wildman–Crippen MR) is 71.8 cm³/mol. The zero-order valence-electron chi connectivity index (χ0n) is 10.9. The first-order valence-electron chi connectivity index (χ1n) is 5.95. The first-order chi connectivity index (χ1) is 8.69. The van der Waals surface area contributed by atoms with Crippen LogP contribution in [0.25, 0.3) is 0 Å². The standard InChI is InChI=1S/C14H16N4/c1-4-18(12-8-6-5-7-9-12)14-13(10-15)11(2)16-17(14)3/h5-9H,4H2,1-3H3. The van der Waals surface area contributed by atoms with Gasteiger partial charge in [-0.3, -0.25) is 4.68 Å². The molecule has 0 saturated carbocycles. The van der Waals surface area contributed by atoms with Crippen LogP contribution in [0.2, 0.25) is 0 Å². The van der Waals surface area contributed by atoms with Crippen LogP contribution >= 0.6 is 0 Å². The van der Waals surface area contributed by atoms with Crippen LogP contribution in [0.5, 0.6) is 0 Å². The first kappa shape index (κ1) is 12.2. The van der Waals surface area contributed by atoms with Gasteiger partial charge in [0, 0.05) is 19.3 Å². The minimum atomic E-state index is 0.642. The highest BCUT2D eigenvalue weighted by molar-refractivity contribution is 5.67. The maximum atomic E-state index is 9.27. The molecule has 0 atom stereocenters. The maximum Gasteiger partial charge on any atom is 0.149 e. The second-order valence-electron chi connectivity index (χ2n) is 4.10. The molecule has 0 aliphatic carbocycles. The minimum Gasteiger partial charge on any atom is -0.326 e. The molecular formula is C14H16N4. The summed E-state index contributed by atoms with van der Waals surface area (Å²) in [6, 6.07) is 12.3. The Kier molecular flexibility index (Phi) is 3.33. The number of anilines is 2. The van der Waals surface area contributed by atoms with Crippen LogP contribution in [0.1, 0.15) is 18.2 Å². The lowest BCUT2D eigenvalue weighted by atomic mass is 10.2. The second-order valence-corrected chi connectivity index (χ2v) is 4.10. The molecule has 18 heavy (non-hydrogen) atoms. The minimum absolute atomic E-state index is 0.642. The van der Waals surface area contributed by atoms with Crippen LogP contribution in [0.4, 0.5) is 11.5 Å². The van der Waals surface area contributed by atoms with E-state index in [4.69, 9.17) is 0 Å². The van der Waals surface area contributed by atoms with Crippen molar-refractivity contribution in [1.29, 1.82) is 5.26 Å². The van der Waals surface area contributed by atoms with Crippen molar-refractivity contribution in [3.05, 3.63) is 41.6 Å². The van der Waals surface area contributed by atoms with Crippen LogP contribution in [-0.4, -0.2) is 16.3 Å². The van der Waals surface area contributed by atoms with Gasteiger partial charge in [-0.25, -0.2) is 0 Å².